The number of ether oxygens (including phenoxy) is 9. The number of hydrogen-bond donors (Lipinski definition) is 0. The SMILES string of the molecule is COc1ccccc1C1=CC(=CC2=C([O-])C(=Cc3cc(-c4cc(OC)c(OC)c(OC)c4)[o+]c(-c4ccccc4OC)c3)C2=O)C=C(c2cc(OC)c(OC)c(OC)c2)O1. The third kappa shape index (κ3) is 7.70. The fraction of sp³-hybridized carbons (Fsp3) is 0.167. The molecule has 1 aliphatic heterocycles. The Morgan fingerprint density at radius 2 is 1.02 bits per heavy atom. The van der Waals surface area contributed by atoms with E-state index in [1.807, 2.05) is 48.5 Å². The van der Waals surface area contributed by atoms with Gasteiger partial charge in [-0.3, -0.25) is 4.79 Å². The van der Waals surface area contributed by atoms with Gasteiger partial charge in [-0.2, -0.15) is 0 Å². The Labute approximate surface area is 347 Å². The summed E-state index contributed by atoms with van der Waals surface area (Å²) in [5, 5.41) is 13.9. The number of Topliss-reactive ketones (excluding diaryl/α,β-unsaturated/α-hetero) is 1. The van der Waals surface area contributed by atoms with E-state index >= 15 is 0 Å². The molecule has 5 aromatic rings. The van der Waals surface area contributed by atoms with E-state index < -0.39 is 11.5 Å². The van der Waals surface area contributed by atoms with Crippen molar-refractivity contribution in [1.29, 1.82) is 0 Å². The molecule has 4 aromatic carbocycles. The Morgan fingerprint density at radius 3 is 1.55 bits per heavy atom. The molecule has 0 saturated carbocycles. The monoisotopic (exact) mass is 810 g/mol. The fourth-order valence-electron chi connectivity index (χ4n) is 6.93. The highest BCUT2D eigenvalue weighted by molar-refractivity contribution is 6.23. The quantitative estimate of drug-likeness (QED) is 0.0786. The first-order valence-corrected chi connectivity index (χ1v) is 18.6. The summed E-state index contributed by atoms with van der Waals surface area (Å²) in [7, 11) is 12.3. The molecule has 1 aliphatic carbocycles. The van der Waals surface area contributed by atoms with E-state index in [2.05, 4.69) is 0 Å². The van der Waals surface area contributed by atoms with E-state index in [0.29, 0.717) is 102 Å². The van der Waals surface area contributed by atoms with E-state index in [1.54, 1.807) is 74.9 Å². The van der Waals surface area contributed by atoms with Crippen LogP contribution in [0, 0.1) is 0 Å². The van der Waals surface area contributed by atoms with Crippen LogP contribution in [-0.4, -0.2) is 62.7 Å². The Hall–Kier alpha value is -7.60. The third-order valence-electron chi connectivity index (χ3n) is 9.87. The van der Waals surface area contributed by atoms with Gasteiger partial charge < -0.3 is 47.7 Å². The molecule has 12 nitrogen and oxygen atoms in total. The van der Waals surface area contributed by atoms with Crippen molar-refractivity contribution in [2.45, 2.75) is 0 Å². The zero-order valence-electron chi connectivity index (χ0n) is 34.3. The van der Waals surface area contributed by atoms with Crippen LogP contribution in [0.1, 0.15) is 16.7 Å². The highest BCUT2D eigenvalue weighted by atomic mass is 16.5. The molecular weight excluding hydrogens is 769 g/mol. The van der Waals surface area contributed by atoms with Crippen LogP contribution in [0.5, 0.6) is 46.0 Å². The number of methoxy groups -OCH3 is 8. The molecule has 60 heavy (non-hydrogen) atoms. The van der Waals surface area contributed by atoms with E-state index in [4.69, 9.17) is 47.0 Å². The average Bonchev–Trinajstić information content (AvgIpc) is 3.30. The molecule has 7 rings (SSSR count). The number of rotatable bonds is 14. The molecule has 0 spiro atoms. The molecule has 0 radical (unpaired) electrons. The predicted octanol–water partition coefficient (Wildman–Crippen LogP) is 8.58. The van der Waals surface area contributed by atoms with Gasteiger partial charge in [0.1, 0.15) is 28.6 Å². The summed E-state index contributed by atoms with van der Waals surface area (Å²) >= 11 is 0. The van der Waals surface area contributed by atoms with Gasteiger partial charge in [-0.25, -0.2) is 4.42 Å². The van der Waals surface area contributed by atoms with E-state index in [0.717, 1.165) is 0 Å². The van der Waals surface area contributed by atoms with Crippen LogP contribution >= 0.6 is 0 Å². The first-order chi connectivity index (χ1) is 29.2. The minimum absolute atomic E-state index is 0.00434. The van der Waals surface area contributed by atoms with Crippen LogP contribution in [0.2, 0.25) is 0 Å². The summed E-state index contributed by atoms with van der Waals surface area (Å²) < 4.78 is 57.7. The molecule has 0 fully saturated rings. The predicted molar refractivity (Wildman–Crippen MR) is 224 cm³/mol. The molecule has 0 amide bonds. The number of hydrogen-bond acceptors (Lipinski definition) is 11. The van der Waals surface area contributed by atoms with Crippen molar-refractivity contribution in [1.82, 2.24) is 0 Å². The lowest BCUT2D eigenvalue weighted by atomic mass is 9.85. The standard InChI is InChI=1S/C48H42O12/c1-51-35-15-11-9-13-31(35)39-21-27(19-37(59-39)29-23-41(53-3)47(57-7)42(24-29)54-4)17-33-45(49)34(46(33)50)18-28-20-38(30-25-43(55-5)48(58-8)44(26-30)56-6)60-40(22-28)32-14-10-12-16-36(32)52-2/h9-26H,1-8H3. The first-order valence-electron chi connectivity index (χ1n) is 18.6. The summed E-state index contributed by atoms with van der Waals surface area (Å²) in [4.78, 5) is 13.9. The van der Waals surface area contributed by atoms with Crippen molar-refractivity contribution in [2.24, 2.45) is 0 Å². The number of para-hydroxylation sites is 2. The highest BCUT2D eigenvalue weighted by Crippen LogP contribution is 2.45. The van der Waals surface area contributed by atoms with Gasteiger partial charge in [-0.15, -0.1) is 0 Å². The Morgan fingerprint density at radius 1 is 0.533 bits per heavy atom. The van der Waals surface area contributed by atoms with Crippen molar-refractivity contribution in [2.75, 3.05) is 56.9 Å². The van der Waals surface area contributed by atoms with Crippen LogP contribution in [0.3, 0.4) is 0 Å². The smallest absolute Gasteiger partial charge is 0.365 e. The summed E-state index contributed by atoms with van der Waals surface area (Å²) in [6.07, 6.45) is 6.59. The Bertz CT molecular complexity index is 2600. The Kier molecular flexibility index (Phi) is 11.8. The zero-order valence-corrected chi connectivity index (χ0v) is 34.3. The lowest BCUT2D eigenvalue weighted by molar-refractivity contribution is -0.300. The normalized spacial score (nSPS) is 14.8. The topological polar surface area (TPSA) is 135 Å². The average molecular weight is 811 g/mol. The molecule has 2 aliphatic rings. The second kappa shape index (κ2) is 17.5. The van der Waals surface area contributed by atoms with E-state index in [-0.39, 0.29) is 11.1 Å². The maximum Gasteiger partial charge on any atom is 0.365 e. The molecular formula is C48H42O12. The summed E-state index contributed by atoms with van der Waals surface area (Å²) in [6.45, 7) is 0. The van der Waals surface area contributed by atoms with Crippen molar-refractivity contribution < 1.29 is 56.9 Å². The van der Waals surface area contributed by atoms with Crippen LogP contribution < -0.4 is 43.0 Å². The molecule has 306 valence electrons. The van der Waals surface area contributed by atoms with Crippen molar-refractivity contribution in [3.63, 3.8) is 0 Å². The zero-order chi connectivity index (χ0) is 42.5. The van der Waals surface area contributed by atoms with Gasteiger partial charge in [0.15, 0.2) is 28.8 Å². The second-order valence-corrected chi connectivity index (χ2v) is 13.2. The maximum absolute atomic E-state index is 13.9. The molecule has 2 heterocycles. The van der Waals surface area contributed by atoms with Gasteiger partial charge in [0, 0.05) is 28.8 Å². The van der Waals surface area contributed by atoms with Crippen LogP contribution in [0.4, 0.5) is 0 Å². The largest absolute Gasteiger partial charge is 0.871 e. The van der Waals surface area contributed by atoms with Gasteiger partial charge in [0.2, 0.25) is 11.5 Å². The molecule has 1 aromatic heterocycles. The lowest BCUT2D eigenvalue weighted by Gasteiger charge is -2.29. The second-order valence-electron chi connectivity index (χ2n) is 13.2. The van der Waals surface area contributed by atoms with E-state index in [9.17, 15) is 9.90 Å². The summed E-state index contributed by atoms with van der Waals surface area (Å²) in [5.41, 5.74) is 3.57. The number of allylic oxidation sites excluding steroid dienone is 6. The summed E-state index contributed by atoms with van der Waals surface area (Å²) in [5.74, 6) is 4.42. The van der Waals surface area contributed by atoms with Crippen molar-refractivity contribution >= 4 is 23.4 Å². The molecule has 0 unspecified atom stereocenters. The number of benzene rings is 4. The molecule has 0 atom stereocenters. The lowest BCUT2D eigenvalue weighted by Crippen LogP contribution is -2.29. The van der Waals surface area contributed by atoms with Crippen LogP contribution in [0.25, 0.3) is 40.2 Å². The van der Waals surface area contributed by atoms with Crippen LogP contribution in [0.15, 0.2) is 130 Å². The van der Waals surface area contributed by atoms with Crippen LogP contribution in [-0.2, 0) is 9.53 Å². The third-order valence-corrected chi connectivity index (χ3v) is 9.87. The summed E-state index contributed by atoms with van der Waals surface area (Å²) in [6, 6.07) is 25.2. The van der Waals surface area contributed by atoms with Gasteiger partial charge >= 0.3 is 11.5 Å². The molecule has 0 bridgehead atoms. The fourth-order valence-corrected chi connectivity index (χ4v) is 6.93. The molecule has 0 N–H and O–H groups in total. The van der Waals surface area contributed by atoms with Crippen molar-refractivity contribution in [3.8, 4) is 68.6 Å². The number of ketones is 1. The van der Waals surface area contributed by atoms with Gasteiger partial charge in [0.05, 0.1) is 80.1 Å². The minimum Gasteiger partial charge on any atom is -0.871 e. The minimum atomic E-state index is -0.428. The van der Waals surface area contributed by atoms with Gasteiger partial charge in [-0.1, -0.05) is 30.0 Å². The molecule has 12 heteroatoms. The van der Waals surface area contributed by atoms with Crippen molar-refractivity contribution in [3.05, 3.63) is 142 Å². The highest BCUT2D eigenvalue weighted by Gasteiger charge is 2.30. The maximum atomic E-state index is 13.9. The van der Waals surface area contributed by atoms with Gasteiger partial charge in [-0.05, 0) is 71.8 Å². The number of carbonyl (C=O) groups excluding carboxylic acids is 1. The molecule has 0 saturated heterocycles. The van der Waals surface area contributed by atoms with Gasteiger partial charge in [0.25, 0.3) is 0 Å². The van der Waals surface area contributed by atoms with E-state index in [1.165, 1.54) is 42.7 Å². The Balaban J connectivity index is 1.35. The first kappa shape index (κ1) is 40.6. The number of carbonyl (C=O) groups is 1.